The predicted octanol–water partition coefficient (Wildman–Crippen LogP) is 2.53. The van der Waals surface area contributed by atoms with Crippen LogP contribution in [0.25, 0.3) is 0 Å². The summed E-state index contributed by atoms with van der Waals surface area (Å²) < 4.78 is 0.988. The van der Waals surface area contributed by atoms with Gasteiger partial charge in [0.2, 0.25) is 5.91 Å². The van der Waals surface area contributed by atoms with Crippen LogP contribution in [-0.4, -0.2) is 22.5 Å². The van der Waals surface area contributed by atoms with Crippen LogP contribution in [0.2, 0.25) is 0 Å². The van der Waals surface area contributed by atoms with E-state index in [0.29, 0.717) is 0 Å². The molecule has 1 fully saturated rings. The average molecular weight is 326 g/mol. The third-order valence-corrected chi connectivity index (χ3v) is 3.87. The summed E-state index contributed by atoms with van der Waals surface area (Å²) in [4.78, 5) is 23.0. The smallest absolute Gasteiger partial charge is 0.328 e. The van der Waals surface area contributed by atoms with Gasteiger partial charge in [0.25, 0.3) is 0 Å². The van der Waals surface area contributed by atoms with Gasteiger partial charge >= 0.3 is 5.97 Å². The number of benzene rings is 1. The van der Waals surface area contributed by atoms with Crippen molar-refractivity contribution in [3.8, 4) is 0 Å². The van der Waals surface area contributed by atoms with Crippen LogP contribution >= 0.6 is 15.9 Å². The Bertz CT molecular complexity index is 527. The van der Waals surface area contributed by atoms with E-state index >= 15 is 0 Å². The largest absolute Gasteiger partial charge is 0.480 e. The molecule has 19 heavy (non-hydrogen) atoms. The molecule has 2 rings (SSSR count). The standard InChI is InChI=1S/C14H16BrNO3/c1-14(2,13(18)19)16-12(17)11-7-10(11)8-4-3-5-9(15)6-8/h3-6,10-11H,7H2,1-2H3,(H,16,17)(H,18,19). The zero-order valence-corrected chi connectivity index (χ0v) is 12.4. The molecule has 0 saturated heterocycles. The summed E-state index contributed by atoms with van der Waals surface area (Å²) in [6.45, 7) is 2.98. The fraction of sp³-hybridized carbons (Fsp3) is 0.429. The summed E-state index contributed by atoms with van der Waals surface area (Å²) in [5.74, 6) is -1.13. The molecule has 2 unspecified atom stereocenters. The molecule has 1 amide bonds. The van der Waals surface area contributed by atoms with Gasteiger partial charge in [-0.05, 0) is 43.9 Å². The number of hydrogen-bond donors (Lipinski definition) is 2. The topological polar surface area (TPSA) is 66.4 Å². The van der Waals surface area contributed by atoms with Gasteiger partial charge in [0.1, 0.15) is 5.54 Å². The normalized spacial score (nSPS) is 21.8. The van der Waals surface area contributed by atoms with E-state index in [0.717, 1.165) is 16.5 Å². The lowest BCUT2D eigenvalue weighted by Gasteiger charge is -2.21. The van der Waals surface area contributed by atoms with Gasteiger partial charge < -0.3 is 10.4 Å². The lowest BCUT2D eigenvalue weighted by molar-refractivity contribution is -0.146. The molecule has 1 aromatic rings. The van der Waals surface area contributed by atoms with Crippen molar-refractivity contribution in [2.45, 2.75) is 31.7 Å². The van der Waals surface area contributed by atoms with Crippen LogP contribution in [0.15, 0.2) is 28.7 Å². The van der Waals surface area contributed by atoms with Gasteiger partial charge in [-0.1, -0.05) is 28.1 Å². The maximum Gasteiger partial charge on any atom is 0.328 e. The van der Waals surface area contributed by atoms with Crippen LogP contribution in [0, 0.1) is 5.92 Å². The summed E-state index contributed by atoms with van der Waals surface area (Å²) >= 11 is 3.40. The van der Waals surface area contributed by atoms with E-state index < -0.39 is 11.5 Å². The van der Waals surface area contributed by atoms with E-state index in [1.165, 1.54) is 13.8 Å². The molecule has 102 valence electrons. The van der Waals surface area contributed by atoms with Crippen LogP contribution in [0.3, 0.4) is 0 Å². The molecule has 0 aliphatic heterocycles. The maximum absolute atomic E-state index is 12.0. The number of halogens is 1. The number of carboxylic acid groups (broad SMARTS) is 1. The molecule has 0 spiro atoms. The Labute approximate surface area is 120 Å². The van der Waals surface area contributed by atoms with Crippen molar-refractivity contribution in [1.29, 1.82) is 0 Å². The van der Waals surface area contributed by atoms with E-state index in [4.69, 9.17) is 5.11 Å². The molecule has 1 aliphatic carbocycles. The van der Waals surface area contributed by atoms with Crippen molar-refractivity contribution in [3.63, 3.8) is 0 Å². The molecule has 0 aromatic heterocycles. The van der Waals surface area contributed by atoms with Crippen molar-refractivity contribution in [2.24, 2.45) is 5.92 Å². The second-order valence-corrected chi connectivity index (χ2v) is 6.34. The van der Waals surface area contributed by atoms with Gasteiger partial charge in [-0.15, -0.1) is 0 Å². The highest BCUT2D eigenvalue weighted by Crippen LogP contribution is 2.48. The Kier molecular flexibility index (Phi) is 3.67. The average Bonchev–Trinajstić information content (AvgIpc) is 3.08. The number of rotatable bonds is 4. The highest BCUT2D eigenvalue weighted by molar-refractivity contribution is 9.10. The first-order chi connectivity index (χ1) is 8.81. The fourth-order valence-corrected chi connectivity index (χ4v) is 2.46. The van der Waals surface area contributed by atoms with Crippen LogP contribution in [0.4, 0.5) is 0 Å². The summed E-state index contributed by atoms with van der Waals surface area (Å²) in [5.41, 5.74) is -0.107. The Morgan fingerprint density at radius 3 is 2.68 bits per heavy atom. The van der Waals surface area contributed by atoms with E-state index in [2.05, 4.69) is 21.2 Å². The molecule has 0 bridgehead atoms. The molecule has 1 aromatic carbocycles. The van der Waals surface area contributed by atoms with E-state index in [9.17, 15) is 9.59 Å². The van der Waals surface area contributed by atoms with Crippen molar-refractivity contribution < 1.29 is 14.7 Å². The molecule has 5 heteroatoms. The minimum atomic E-state index is -1.22. The lowest BCUT2D eigenvalue weighted by Crippen LogP contribution is -2.50. The second-order valence-electron chi connectivity index (χ2n) is 5.42. The van der Waals surface area contributed by atoms with Gasteiger partial charge in [-0.3, -0.25) is 4.79 Å². The summed E-state index contributed by atoms with van der Waals surface area (Å²) in [6, 6.07) is 7.87. The summed E-state index contributed by atoms with van der Waals surface area (Å²) in [6.07, 6.45) is 0.776. The number of carboxylic acids is 1. The number of nitrogens with one attached hydrogen (secondary N) is 1. The summed E-state index contributed by atoms with van der Waals surface area (Å²) in [7, 11) is 0. The minimum Gasteiger partial charge on any atom is -0.480 e. The van der Waals surface area contributed by atoms with Gasteiger partial charge in [0.05, 0.1) is 0 Å². The fourth-order valence-electron chi connectivity index (χ4n) is 2.04. The van der Waals surface area contributed by atoms with Crippen LogP contribution < -0.4 is 5.32 Å². The lowest BCUT2D eigenvalue weighted by atomic mass is 10.0. The first kappa shape index (κ1) is 14.1. The molecule has 2 atom stereocenters. The highest BCUT2D eigenvalue weighted by atomic mass is 79.9. The van der Waals surface area contributed by atoms with Gasteiger partial charge in [0.15, 0.2) is 0 Å². The first-order valence-corrected chi connectivity index (χ1v) is 6.91. The van der Waals surface area contributed by atoms with Crippen LogP contribution in [0.1, 0.15) is 31.7 Å². The Morgan fingerprint density at radius 1 is 1.42 bits per heavy atom. The van der Waals surface area contributed by atoms with Crippen LogP contribution in [0.5, 0.6) is 0 Å². The zero-order valence-electron chi connectivity index (χ0n) is 10.8. The van der Waals surface area contributed by atoms with Crippen molar-refractivity contribution in [2.75, 3.05) is 0 Å². The Hall–Kier alpha value is -1.36. The minimum absolute atomic E-state index is 0.118. The number of carbonyl (C=O) groups is 2. The predicted molar refractivity (Wildman–Crippen MR) is 74.8 cm³/mol. The second kappa shape index (κ2) is 4.96. The van der Waals surface area contributed by atoms with Gasteiger partial charge in [-0.2, -0.15) is 0 Å². The van der Waals surface area contributed by atoms with E-state index in [1.807, 2.05) is 24.3 Å². The third kappa shape index (κ3) is 3.15. The maximum atomic E-state index is 12.0. The summed E-state index contributed by atoms with van der Waals surface area (Å²) in [5, 5.41) is 11.6. The molecule has 2 N–H and O–H groups in total. The Morgan fingerprint density at radius 2 is 2.11 bits per heavy atom. The van der Waals surface area contributed by atoms with E-state index in [-0.39, 0.29) is 17.7 Å². The van der Waals surface area contributed by atoms with Crippen molar-refractivity contribution >= 4 is 27.8 Å². The van der Waals surface area contributed by atoms with Gasteiger partial charge in [0, 0.05) is 10.4 Å². The third-order valence-electron chi connectivity index (χ3n) is 3.37. The van der Waals surface area contributed by atoms with Crippen LogP contribution in [-0.2, 0) is 9.59 Å². The molecular weight excluding hydrogens is 310 g/mol. The molecule has 1 aliphatic rings. The molecule has 4 nitrogen and oxygen atoms in total. The molecular formula is C14H16BrNO3. The first-order valence-electron chi connectivity index (χ1n) is 6.12. The van der Waals surface area contributed by atoms with Crippen molar-refractivity contribution in [3.05, 3.63) is 34.3 Å². The zero-order chi connectivity index (χ0) is 14.2. The molecule has 0 heterocycles. The Balaban J connectivity index is 2.00. The SMILES string of the molecule is CC(C)(NC(=O)C1CC1c1cccc(Br)c1)C(=O)O. The number of amides is 1. The quantitative estimate of drug-likeness (QED) is 0.893. The number of carbonyl (C=O) groups excluding carboxylic acids is 1. The van der Waals surface area contributed by atoms with Gasteiger partial charge in [-0.25, -0.2) is 4.79 Å². The molecule has 1 saturated carbocycles. The monoisotopic (exact) mass is 325 g/mol. The molecule has 0 radical (unpaired) electrons. The highest BCUT2D eigenvalue weighted by Gasteiger charge is 2.46. The van der Waals surface area contributed by atoms with E-state index in [1.54, 1.807) is 0 Å². The number of aliphatic carboxylic acids is 1. The van der Waals surface area contributed by atoms with Crippen molar-refractivity contribution in [1.82, 2.24) is 5.32 Å². The number of hydrogen-bond acceptors (Lipinski definition) is 2.